The molecule has 0 bridgehead atoms. The number of rotatable bonds is 6. The Hall–Kier alpha value is -2.56. The average Bonchev–Trinajstić information content (AvgIpc) is 2.61. The molecule has 2 amide bonds. The van der Waals surface area contributed by atoms with Crippen molar-refractivity contribution in [3.63, 3.8) is 0 Å². The predicted molar refractivity (Wildman–Crippen MR) is 99.1 cm³/mol. The van der Waals surface area contributed by atoms with Crippen LogP contribution in [0.25, 0.3) is 0 Å². The van der Waals surface area contributed by atoms with Crippen molar-refractivity contribution >= 4 is 27.7 Å². The number of hydrogen-bond donors (Lipinski definition) is 2. The van der Waals surface area contributed by atoms with Gasteiger partial charge in [-0.05, 0) is 41.5 Å². The molecule has 2 aromatic rings. The van der Waals surface area contributed by atoms with Crippen molar-refractivity contribution < 1.29 is 35.9 Å². The first-order valence-corrected chi connectivity index (χ1v) is 9.16. The molecule has 4 nitrogen and oxygen atoms in total. The molecule has 0 saturated carbocycles. The molecule has 30 heavy (non-hydrogen) atoms. The Morgan fingerprint density at radius 3 is 1.83 bits per heavy atom. The van der Waals surface area contributed by atoms with E-state index in [-0.39, 0.29) is 12.5 Å². The second kappa shape index (κ2) is 9.07. The molecule has 0 aliphatic rings. The molecule has 3 N–H and O–H groups in total. The predicted octanol–water partition coefficient (Wildman–Crippen LogP) is 4.24. The monoisotopic (exact) mass is 496 g/mol. The van der Waals surface area contributed by atoms with Crippen LogP contribution in [0.3, 0.4) is 0 Å². The van der Waals surface area contributed by atoms with Crippen molar-refractivity contribution in [2.45, 2.75) is 31.2 Å². The minimum atomic E-state index is -5.02. The van der Waals surface area contributed by atoms with Gasteiger partial charge in [-0.3, -0.25) is 9.59 Å². The summed E-state index contributed by atoms with van der Waals surface area (Å²) in [6, 6.07) is 6.41. The van der Waals surface area contributed by atoms with Crippen molar-refractivity contribution in [1.82, 2.24) is 5.32 Å². The van der Waals surface area contributed by atoms with Crippen LogP contribution in [0.1, 0.15) is 22.3 Å². The molecule has 0 unspecified atom stereocenters. The van der Waals surface area contributed by atoms with Crippen LogP contribution >= 0.6 is 15.9 Å². The lowest BCUT2D eigenvalue weighted by Crippen LogP contribution is -2.46. The number of nitrogens with two attached hydrogens (primary N) is 1. The van der Waals surface area contributed by atoms with E-state index in [0.717, 1.165) is 4.47 Å². The van der Waals surface area contributed by atoms with Crippen LogP contribution in [0.15, 0.2) is 46.9 Å². The molecule has 11 heteroatoms. The quantitative estimate of drug-likeness (QED) is 0.587. The van der Waals surface area contributed by atoms with Crippen LogP contribution < -0.4 is 11.1 Å². The van der Waals surface area contributed by atoms with E-state index in [4.69, 9.17) is 5.73 Å². The summed E-state index contributed by atoms with van der Waals surface area (Å²) in [5.41, 5.74) is 2.35. The topological polar surface area (TPSA) is 72.2 Å². The number of halogens is 7. The zero-order valence-corrected chi connectivity index (χ0v) is 16.7. The SMILES string of the molecule is NC(=O)[C@@H](Cc1ccc(Br)cc1)NC(=O)Cc1cc(C(F)(F)F)cc(C(F)(F)F)c1. The van der Waals surface area contributed by atoms with Gasteiger partial charge in [0.2, 0.25) is 11.8 Å². The Bertz CT molecular complexity index is 894. The average molecular weight is 497 g/mol. The largest absolute Gasteiger partial charge is 0.416 e. The number of amides is 2. The van der Waals surface area contributed by atoms with E-state index in [1.54, 1.807) is 24.3 Å². The molecule has 162 valence electrons. The molecule has 0 aromatic heterocycles. The zero-order chi connectivity index (χ0) is 22.7. The van der Waals surface area contributed by atoms with Crippen LogP contribution in [0, 0.1) is 0 Å². The fraction of sp³-hybridized carbons (Fsp3) is 0.263. The third-order valence-corrected chi connectivity index (χ3v) is 4.57. The number of alkyl halides is 6. The van der Waals surface area contributed by atoms with Crippen LogP contribution in [-0.2, 0) is 34.8 Å². The normalized spacial score (nSPS) is 13.0. The molecule has 0 aliphatic heterocycles. The molecule has 0 heterocycles. The van der Waals surface area contributed by atoms with Gasteiger partial charge in [0.25, 0.3) is 0 Å². The Kier molecular flexibility index (Phi) is 7.17. The molecule has 2 rings (SSSR count). The Balaban J connectivity index is 2.20. The summed E-state index contributed by atoms with van der Waals surface area (Å²) in [4.78, 5) is 23.8. The van der Waals surface area contributed by atoms with Gasteiger partial charge < -0.3 is 11.1 Å². The molecule has 0 aliphatic carbocycles. The molecule has 1 atom stereocenters. The number of hydrogen-bond acceptors (Lipinski definition) is 2. The number of primary amides is 1. The standard InChI is InChI=1S/C19H15BrF6N2O2/c20-14-3-1-10(2-4-14)7-15(17(27)30)28-16(29)8-11-5-12(18(21,22)23)9-13(6-11)19(24,25)26/h1-6,9,15H,7-8H2,(H2,27,30)(H,28,29)/t15-/m1/s1. The molecule has 0 radical (unpaired) electrons. The number of carbonyl (C=O) groups is 2. The maximum atomic E-state index is 12.9. The first-order valence-electron chi connectivity index (χ1n) is 8.37. The van der Waals surface area contributed by atoms with E-state index >= 15 is 0 Å². The van der Waals surface area contributed by atoms with Gasteiger partial charge in [0.05, 0.1) is 17.5 Å². The molecule has 0 saturated heterocycles. The second-order valence-electron chi connectivity index (χ2n) is 6.44. The van der Waals surface area contributed by atoms with Gasteiger partial charge in [-0.15, -0.1) is 0 Å². The minimum absolute atomic E-state index is 0.00471. The minimum Gasteiger partial charge on any atom is -0.368 e. The smallest absolute Gasteiger partial charge is 0.368 e. The summed E-state index contributed by atoms with van der Waals surface area (Å²) < 4.78 is 78.3. The van der Waals surface area contributed by atoms with E-state index in [0.29, 0.717) is 17.7 Å². The summed E-state index contributed by atoms with van der Waals surface area (Å²) in [6.07, 6.45) is -10.8. The van der Waals surface area contributed by atoms with E-state index < -0.39 is 53.3 Å². The summed E-state index contributed by atoms with van der Waals surface area (Å²) in [5.74, 6) is -1.84. The lowest BCUT2D eigenvalue weighted by molar-refractivity contribution is -0.143. The van der Waals surface area contributed by atoms with E-state index in [9.17, 15) is 35.9 Å². The van der Waals surface area contributed by atoms with E-state index in [1.165, 1.54) is 0 Å². The highest BCUT2D eigenvalue weighted by atomic mass is 79.9. The van der Waals surface area contributed by atoms with Gasteiger partial charge in [0.1, 0.15) is 6.04 Å². The van der Waals surface area contributed by atoms with E-state index in [1.807, 2.05) is 0 Å². The number of nitrogens with one attached hydrogen (secondary N) is 1. The second-order valence-corrected chi connectivity index (χ2v) is 7.36. The third-order valence-electron chi connectivity index (χ3n) is 4.04. The maximum absolute atomic E-state index is 12.9. The fourth-order valence-corrected chi connectivity index (χ4v) is 2.90. The van der Waals surface area contributed by atoms with Crippen molar-refractivity contribution in [3.8, 4) is 0 Å². The summed E-state index contributed by atoms with van der Waals surface area (Å²) in [5, 5.41) is 2.26. The Morgan fingerprint density at radius 1 is 0.900 bits per heavy atom. The highest BCUT2D eigenvalue weighted by Crippen LogP contribution is 2.36. The van der Waals surface area contributed by atoms with Crippen LogP contribution in [0.5, 0.6) is 0 Å². The van der Waals surface area contributed by atoms with Gasteiger partial charge in [-0.1, -0.05) is 28.1 Å². The molecular formula is C19H15BrF6N2O2. The highest BCUT2D eigenvalue weighted by Gasteiger charge is 2.37. The van der Waals surface area contributed by atoms with Crippen LogP contribution in [0.4, 0.5) is 26.3 Å². The number of carbonyl (C=O) groups excluding carboxylic acids is 2. The molecule has 0 spiro atoms. The maximum Gasteiger partial charge on any atom is 0.416 e. The van der Waals surface area contributed by atoms with Crippen molar-refractivity contribution in [1.29, 1.82) is 0 Å². The molecule has 2 aromatic carbocycles. The molecular weight excluding hydrogens is 482 g/mol. The highest BCUT2D eigenvalue weighted by molar-refractivity contribution is 9.10. The van der Waals surface area contributed by atoms with Gasteiger partial charge in [0, 0.05) is 10.9 Å². The van der Waals surface area contributed by atoms with Gasteiger partial charge in [-0.2, -0.15) is 26.3 Å². The van der Waals surface area contributed by atoms with Crippen molar-refractivity contribution in [2.75, 3.05) is 0 Å². The summed E-state index contributed by atoms with van der Waals surface area (Å²) in [6.45, 7) is 0. The van der Waals surface area contributed by atoms with E-state index in [2.05, 4.69) is 21.2 Å². The van der Waals surface area contributed by atoms with Gasteiger partial charge >= 0.3 is 12.4 Å². The van der Waals surface area contributed by atoms with Crippen molar-refractivity contribution in [2.24, 2.45) is 5.73 Å². The molecule has 0 fully saturated rings. The first-order chi connectivity index (χ1) is 13.8. The van der Waals surface area contributed by atoms with Crippen LogP contribution in [-0.4, -0.2) is 17.9 Å². The zero-order valence-electron chi connectivity index (χ0n) is 15.1. The van der Waals surface area contributed by atoms with Crippen molar-refractivity contribution in [3.05, 3.63) is 69.2 Å². The fourth-order valence-electron chi connectivity index (χ4n) is 2.63. The first kappa shape index (κ1) is 23.7. The van der Waals surface area contributed by atoms with Gasteiger partial charge in [-0.25, -0.2) is 0 Å². The lowest BCUT2D eigenvalue weighted by Gasteiger charge is -2.17. The lowest BCUT2D eigenvalue weighted by atomic mass is 10.0. The van der Waals surface area contributed by atoms with Crippen LogP contribution in [0.2, 0.25) is 0 Å². The van der Waals surface area contributed by atoms with Gasteiger partial charge in [0.15, 0.2) is 0 Å². The Morgan fingerprint density at radius 2 is 1.40 bits per heavy atom. The third kappa shape index (κ3) is 6.75. The summed E-state index contributed by atoms with van der Waals surface area (Å²) >= 11 is 3.24. The Labute approximate surface area is 175 Å². The summed E-state index contributed by atoms with van der Waals surface area (Å²) in [7, 11) is 0. The number of benzene rings is 2.